The number of hydrogen-bond acceptors (Lipinski definition) is 4. The van der Waals surface area contributed by atoms with Crippen molar-refractivity contribution in [2.75, 3.05) is 0 Å². The Bertz CT molecular complexity index is 1700. The molecule has 0 spiro atoms. The number of hydrogen-bond donors (Lipinski definition) is 0. The molecule has 4 aromatic carbocycles. The van der Waals surface area contributed by atoms with Gasteiger partial charge in [0.1, 0.15) is 5.69 Å². The van der Waals surface area contributed by atoms with E-state index >= 15 is 0 Å². The summed E-state index contributed by atoms with van der Waals surface area (Å²) in [5.74, 6) is 0. The summed E-state index contributed by atoms with van der Waals surface area (Å²) < 4.78 is 41.5. The van der Waals surface area contributed by atoms with E-state index < -0.39 is 16.7 Å². The average Bonchev–Trinajstić information content (AvgIpc) is 3.34. The Labute approximate surface area is 221 Å². The van der Waals surface area contributed by atoms with Gasteiger partial charge in [-0.3, -0.25) is 10.1 Å². The molecule has 1 heterocycles. The lowest BCUT2D eigenvalue weighted by Gasteiger charge is -2.12. The second-order valence-electron chi connectivity index (χ2n) is 8.89. The van der Waals surface area contributed by atoms with Gasteiger partial charge in [-0.05, 0) is 61.0 Å². The topological polar surface area (TPSA) is 84.8 Å². The number of nitrogens with zero attached hydrogens (tertiary/aromatic N) is 4. The lowest BCUT2D eigenvalue weighted by Crippen LogP contribution is -2.04. The maximum atomic E-state index is 13.3. The van der Waals surface area contributed by atoms with Gasteiger partial charge in [0.15, 0.2) is 0 Å². The summed E-state index contributed by atoms with van der Waals surface area (Å²) in [6.07, 6.45) is -4.49. The van der Waals surface area contributed by atoms with Gasteiger partial charge in [0.2, 0.25) is 0 Å². The minimum absolute atomic E-state index is 0.0915. The van der Waals surface area contributed by atoms with Crippen molar-refractivity contribution in [3.8, 4) is 45.4 Å². The molecule has 0 unspecified atom stereocenters. The Morgan fingerprint density at radius 3 is 1.92 bits per heavy atom. The molecule has 0 saturated carbocycles. The van der Waals surface area contributed by atoms with Crippen LogP contribution in [0.5, 0.6) is 0 Å². The van der Waals surface area contributed by atoms with Crippen LogP contribution in [-0.2, 0) is 6.18 Å². The standard InChI is InChI=1S/C30H19F3N4O2/c1-19-2-6-23(7-3-19)29-27(21-10-16-26(17-11-21)37(38)39)28(22-8-12-24(13-9-22)30(31,32)33)35-36(29)25-14-4-20(18-34)5-15-25/h2-17H,1H3. The van der Waals surface area contributed by atoms with E-state index in [9.17, 15) is 28.5 Å². The van der Waals surface area contributed by atoms with Crippen molar-refractivity contribution < 1.29 is 18.1 Å². The summed E-state index contributed by atoms with van der Waals surface area (Å²) in [6.45, 7) is 1.95. The summed E-state index contributed by atoms with van der Waals surface area (Å²) in [5, 5.41) is 25.4. The molecule has 0 aliphatic rings. The van der Waals surface area contributed by atoms with Crippen LogP contribution in [0.25, 0.3) is 39.3 Å². The largest absolute Gasteiger partial charge is 0.416 e. The number of halogens is 3. The van der Waals surface area contributed by atoms with Gasteiger partial charge in [-0.25, -0.2) is 4.68 Å². The van der Waals surface area contributed by atoms with Gasteiger partial charge in [0.05, 0.1) is 33.5 Å². The van der Waals surface area contributed by atoms with E-state index in [1.54, 1.807) is 41.1 Å². The van der Waals surface area contributed by atoms with Gasteiger partial charge in [-0.15, -0.1) is 0 Å². The maximum absolute atomic E-state index is 13.3. The van der Waals surface area contributed by atoms with E-state index in [4.69, 9.17) is 5.10 Å². The zero-order valence-electron chi connectivity index (χ0n) is 20.5. The van der Waals surface area contributed by atoms with Crippen molar-refractivity contribution in [3.63, 3.8) is 0 Å². The van der Waals surface area contributed by atoms with Crippen LogP contribution in [-0.4, -0.2) is 14.7 Å². The van der Waals surface area contributed by atoms with Gasteiger partial charge in [-0.2, -0.15) is 23.5 Å². The second-order valence-corrected chi connectivity index (χ2v) is 8.89. The molecule has 0 N–H and O–H groups in total. The Morgan fingerprint density at radius 1 is 0.821 bits per heavy atom. The summed E-state index contributed by atoms with van der Waals surface area (Å²) >= 11 is 0. The van der Waals surface area contributed by atoms with Gasteiger partial charge in [-0.1, -0.05) is 42.0 Å². The molecule has 0 aliphatic heterocycles. The first-order chi connectivity index (χ1) is 18.7. The van der Waals surface area contributed by atoms with Crippen molar-refractivity contribution in [3.05, 3.63) is 124 Å². The molecule has 5 aromatic rings. The molecule has 192 valence electrons. The average molecular weight is 525 g/mol. The number of benzene rings is 4. The third kappa shape index (κ3) is 5.00. The molecule has 39 heavy (non-hydrogen) atoms. The molecule has 0 atom stereocenters. The van der Waals surface area contributed by atoms with E-state index in [0.717, 1.165) is 23.3 Å². The minimum Gasteiger partial charge on any atom is -0.258 e. The van der Waals surface area contributed by atoms with Crippen LogP contribution in [0.1, 0.15) is 16.7 Å². The van der Waals surface area contributed by atoms with Crippen molar-refractivity contribution >= 4 is 5.69 Å². The third-order valence-electron chi connectivity index (χ3n) is 6.30. The highest BCUT2D eigenvalue weighted by atomic mass is 19.4. The van der Waals surface area contributed by atoms with Crippen LogP contribution in [0.4, 0.5) is 18.9 Å². The van der Waals surface area contributed by atoms with E-state index in [1.807, 2.05) is 31.2 Å². The van der Waals surface area contributed by atoms with Crippen molar-refractivity contribution in [2.24, 2.45) is 0 Å². The molecule has 0 radical (unpaired) electrons. The second kappa shape index (κ2) is 9.91. The molecule has 9 heteroatoms. The highest BCUT2D eigenvalue weighted by Gasteiger charge is 2.31. The number of nitro groups is 1. The van der Waals surface area contributed by atoms with Crippen LogP contribution in [0.2, 0.25) is 0 Å². The molecule has 0 amide bonds. The van der Waals surface area contributed by atoms with Crippen LogP contribution in [0.3, 0.4) is 0 Å². The minimum atomic E-state index is -4.49. The molecule has 1 aromatic heterocycles. The number of rotatable bonds is 5. The van der Waals surface area contributed by atoms with Crippen molar-refractivity contribution in [2.45, 2.75) is 13.1 Å². The van der Waals surface area contributed by atoms with Crippen LogP contribution < -0.4 is 0 Å². The lowest BCUT2D eigenvalue weighted by molar-refractivity contribution is -0.384. The Morgan fingerprint density at radius 2 is 1.38 bits per heavy atom. The van der Waals surface area contributed by atoms with Gasteiger partial charge < -0.3 is 0 Å². The van der Waals surface area contributed by atoms with Crippen molar-refractivity contribution in [1.29, 1.82) is 5.26 Å². The predicted octanol–water partition coefficient (Wildman–Crippen LogP) is 7.98. The fourth-order valence-corrected chi connectivity index (χ4v) is 4.30. The quantitative estimate of drug-likeness (QED) is 0.172. The number of nitro benzene ring substituents is 1. The number of non-ortho nitro benzene ring substituents is 1. The highest BCUT2D eigenvalue weighted by molar-refractivity contribution is 5.92. The first-order valence-electron chi connectivity index (χ1n) is 11.8. The summed E-state index contributed by atoms with van der Waals surface area (Å²) in [6, 6.07) is 27.2. The van der Waals surface area contributed by atoms with E-state index in [2.05, 4.69) is 6.07 Å². The molecule has 0 bridgehead atoms. The predicted molar refractivity (Wildman–Crippen MR) is 141 cm³/mol. The number of aromatic nitrogens is 2. The highest BCUT2D eigenvalue weighted by Crippen LogP contribution is 2.42. The number of aryl methyl sites for hydroxylation is 1. The number of nitriles is 1. The summed E-state index contributed by atoms with van der Waals surface area (Å²) in [7, 11) is 0. The first kappa shape index (κ1) is 25.4. The van der Waals surface area contributed by atoms with Crippen LogP contribution >= 0.6 is 0 Å². The Kier molecular flexibility index (Phi) is 6.46. The summed E-state index contributed by atoms with van der Waals surface area (Å²) in [4.78, 5) is 10.8. The number of alkyl halides is 3. The van der Waals surface area contributed by atoms with E-state index in [1.165, 1.54) is 24.3 Å². The van der Waals surface area contributed by atoms with Gasteiger partial charge in [0.25, 0.3) is 5.69 Å². The van der Waals surface area contributed by atoms with Gasteiger partial charge in [0, 0.05) is 28.8 Å². The zero-order chi connectivity index (χ0) is 27.7. The molecule has 5 rings (SSSR count). The fourth-order valence-electron chi connectivity index (χ4n) is 4.30. The third-order valence-corrected chi connectivity index (χ3v) is 6.30. The normalized spacial score (nSPS) is 11.3. The molecule has 0 saturated heterocycles. The molecular weight excluding hydrogens is 505 g/mol. The fraction of sp³-hybridized carbons (Fsp3) is 0.0667. The van der Waals surface area contributed by atoms with Gasteiger partial charge >= 0.3 is 6.18 Å². The molecule has 0 aliphatic carbocycles. The Balaban J connectivity index is 1.82. The van der Waals surface area contributed by atoms with Crippen LogP contribution in [0.15, 0.2) is 97.1 Å². The first-order valence-corrected chi connectivity index (χ1v) is 11.8. The van der Waals surface area contributed by atoms with E-state index in [0.29, 0.717) is 39.3 Å². The van der Waals surface area contributed by atoms with Crippen molar-refractivity contribution in [1.82, 2.24) is 9.78 Å². The zero-order valence-corrected chi connectivity index (χ0v) is 20.5. The monoisotopic (exact) mass is 524 g/mol. The molecule has 6 nitrogen and oxygen atoms in total. The molecule has 0 fully saturated rings. The Hall–Kier alpha value is -5.23. The van der Waals surface area contributed by atoms with Crippen LogP contribution in [0, 0.1) is 28.4 Å². The lowest BCUT2D eigenvalue weighted by atomic mass is 9.95. The molecular formula is C30H19F3N4O2. The smallest absolute Gasteiger partial charge is 0.258 e. The van der Waals surface area contributed by atoms with E-state index in [-0.39, 0.29) is 5.69 Å². The SMILES string of the molecule is Cc1ccc(-c2c(-c3ccc([N+](=O)[O-])cc3)c(-c3ccc(C(F)(F)F)cc3)nn2-c2ccc(C#N)cc2)cc1. The maximum Gasteiger partial charge on any atom is 0.416 e. The summed E-state index contributed by atoms with van der Waals surface area (Å²) in [5.41, 5.74) is 4.71.